The Morgan fingerprint density at radius 1 is 1.16 bits per heavy atom. The molecule has 0 bridgehead atoms. The van der Waals surface area contributed by atoms with E-state index in [9.17, 15) is 14.4 Å². The third-order valence-corrected chi connectivity index (χ3v) is 6.03. The Balaban J connectivity index is 1.52. The molecule has 1 fully saturated rings. The third kappa shape index (κ3) is 5.85. The van der Waals surface area contributed by atoms with Crippen molar-refractivity contribution in [1.29, 1.82) is 0 Å². The molecule has 0 unspecified atom stereocenters. The number of nitrogens with one attached hydrogen (secondary N) is 2. The van der Waals surface area contributed by atoms with E-state index in [0.29, 0.717) is 25.8 Å². The lowest BCUT2D eigenvalue weighted by atomic mass is 9.81. The molecule has 1 aliphatic carbocycles. The number of hydrogen-bond acceptors (Lipinski definition) is 4. The predicted octanol–water partition coefficient (Wildman–Crippen LogP) is 1.48. The number of fused-ring (bicyclic) bond motifs is 1. The molecule has 0 aliphatic heterocycles. The average Bonchev–Trinajstić information content (AvgIpc) is 3.12. The normalized spacial score (nSPS) is 16.6. The number of aromatic nitrogens is 1. The number of rotatable bonds is 9. The standard InChI is InChI=1S/C23H33N5O3/c1-16-6-7-19-17(14-16)8-13-28(19)12-5-11-26-21(30)18(15-20(24)29)27-22(31)23(25)9-3-2-4-10-23/h6-8,13-14,18H,2-5,9-12,15,25H2,1H3,(H2,24,29)(H,26,30)(H,27,31)/t18-/m0/s1. The predicted molar refractivity (Wildman–Crippen MR) is 120 cm³/mol. The maximum atomic E-state index is 12.7. The number of primary amides is 1. The van der Waals surface area contributed by atoms with Crippen LogP contribution in [-0.2, 0) is 20.9 Å². The lowest BCUT2D eigenvalue weighted by molar-refractivity contribution is -0.134. The molecule has 1 atom stereocenters. The summed E-state index contributed by atoms with van der Waals surface area (Å²) in [5.41, 5.74) is 12.9. The van der Waals surface area contributed by atoms with Gasteiger partial charge in [-0.25, -0.2) is 0 Å². The van der Waals surface area contributed by atoms with Crippen molar-refractivity contribution in [3.63, 3.8) is 0 Å². The van der Waals surface area contributed by atoms with Gasteiger partial charge in [-0.2, -0.15) is 0 Å². The minimum absolute atomic E-state index is 0.255. The summed E-state index contributed by atoms with van der Waals surface area (Å²) in [4.78, 5) is 36.8. The monoisotopic (exact) mass is 427 g/mol. The summed E-state index contributed by atoms with van der Waals surface area (Å²) in [5, 5.41) is 6.66. The summed E-state index contributed by atoms with van der Waals surface area (Å²) in [6, 6.07) is 7.38. The molecule has 2 aromatic rings. The first kappa shape index (κ1) is 22.8. The Hall–Kier alpha value is -2.87. The minimum Gasteiger partial charge on any atom is -0.370 e. The number of carbonyl (C=O) groups excluding carboxylic acids is 3. The third-order valence-electron chi connectivity index (χ3n) is 6.03. The number of aryl methyl sites for hydroxylation is 2. The molecule has 1 aliphatic rings. The Kier molecular flexibility index (Phi) is 7.33. The van der Waals surface area contributed by atoms with Crippen molar-refractivity contribution >= 4 is 28.6 Å². The number of carbonyl (C=O) groups is 3. The van der Waals surface area contributed by atoms with Crippen molar-refractivity contribution < 1.29 is 14.4 Å². The van der Waals surface area contributed by atoms with Gasteiger partial charge in [-0.1, -0.05) is 30.9 Å². The summed E-state index contributed by atoms with van der Waals surface area (Å²) in [7, 11) is 0. The van der Waals surface area contributed by atoms with Gasteiger partial charge in [0.05, 0.1) is 12.0 Å². The topological polar surface area (TPSA) is 132 Å². The maximum absolute atomic E-state index is 12.7. The van der Waals surface area contributed by atoms with Gasteiger partial charge in [-0.05, 0) is 49.8 Å². The van der Waals surface area contributed by atoms with E-state index in [1.807, 2.05) is 6.20 Å². The van der Waals surface area contributed by atoms with E-state index in [4.69, 9.17) is 11.5 Å². The van der Waals surface area contributed by atoms with Crippen molar-refractivity contribution in [3.8, 4) is 0 Å². The molecule has 3 amide bonds. The highest BCUT2D eigenvalue weighted by molar-refractivity contribution is 5.94. The van der Waals surface area contributed by atoms with E-state index in [0.717, 1.165) is 31.3 Å². The van der Waals surface area contributed by atoms with E-state index >= 15 is 0 Å². The van der Waals surface area contributed by atoms with Crippen LogP contribution in [0.5, 0.6) is 0 Å². The molecule has 0 spiro atoms. The van der Waals surface area contributed by atoms with Crippen molar-refractivity contribution in [2.45, 2.75) is 70.0 Å². The van der Waals surface area contributed by atoms with Gasteiger partial charge >= 0.3 is 0 Å². The lowest BCUT2D eigenvalue weighted by Gasteiger charge is -2.33. The second-order valence-corrected chi connectivity index (χ2v) is 8.63. The van der Waals surface area contributed by atoms with Crippen LogP contribution in [0.25, 0.3) is 10.9 Å². The summed E-state index contributed by atoms with van der Waals surface area (Å²) in [6.45, 7) is 3.23. The molecular weight excluding hydrogens is 394 g/mol. The Morgan fingerprint density at radius 2 is 1.90 bits per heavy atom. The first-order valence-electron chi connectivity index (χ1n) is 11.0. The molecule has 1 aromatic heterocycles. The molecule has 8 heteroatoms. The summed E-state index contributed by atoms with van der Waals surface area (Å²) >= 11 is 0. The van der Waals surface area contributed by atoms with Crippen LogP contribution in [0, 0.1) is 6.92 Å². The zero-order chi connectivity index (χ0) is 22.4. The van der Waals surface area contributed by atoms with Gasteiger partial charge in [0.1, 0.15) is 6.04 Å². The summed E-state index contributed by atoms with van der Waals surface area (Å²) in [5.74, 6) is -1.45. The SMILES string of the molecule is Cc1ccc2c(ccn2CCCNC(=O)[C@H](CC(N)=O)NC(=O)C2(N)CCCCC2)c1. The van der Waals surface area contributed by atoms with Crippen LogP contribution in [-0.4, -0.2) is 40.4 Å². The quantitative estimate of drug-likeness (QED) is 0.451. The van der Waals surface area contributed by atoms with Crippen LogP contribution in [0.2, 0.25) is 0 Å². The van der Waals surface area contributed by atoms with E-state index in [1.165, 1.54) is 10.9 Å². The average molecular weight is 428 g/mol. The van der Waals surface area contributed by atoms with Crippen LogP contribution in [0.4, 0.5) is 0 Å². The lowest BCUT2D eigenvalue weighted by Crippen LogP contribution is -2.60. The number of hydrogen-bond donors (Lipinski definition) is 4. The summed E-state index contributed by atoms with van der Waals surface area (Å²) in [6.07, 6.45) is 6.45. The molecule has 1 saturated carbocycles. The van der Waals surface area contributed by atoms with Crippen molar-refractivity contribution in [2.75, 3.05) is 6.54 Å². The molecule has 1 aromatic carbocycles. The van der Waals surface area contributed by atoms with Gasteiger partial charge in [0.25, 0.3) is 0 Å². The van der Waals surface area contributed by atoms with Crippen molar-refractivity contribution in [3.05, 3.63) is 36.0 Å². The highest BCUT2D eigenvalue weighted by Gasteiger charge is 2.37. The van der Waals surface area contributed by atoms with Crippen LogP contribution in [0.3, 0.4) is 0 Å². The highest BCUT2D eigenvalue weighted by atomic mass is 16.2. The molecular formula is C23H33N5O3. The molecule has 168 valence electrons. The van der Waals surface area contributed by atoms with Gasteiger partial charge in [0.15, 0.2) is 0 Å². The van der Waals surface area contributed by atoms with E-state index in [-0.39, 0.29) is 12.3 Å². The highest BCUT2D eigenvalue weighted by Crippen LogP contribution is 2.26. The number of nitrogens with zero attached hydrogens (tertiary/aromatic N) is 1. The minimum atomic E-state index is -1.01. The van der Waals surface area contributed by atoms with Crippen LogP contribution in [0.1, 0.15) is 50.5 Å². The van der Waals surface area contributed by atoms with Crippen molar-refractivity contribution in [2.24, 2.45) is 11.5 Å². The zero-order valence-corrected chi connectivity index (χ0v) is 18.2. The molecule has 0 radical (unpaired) electrons. The van der Waals surface area contributed by atoms with Crippen LogP contribution < -0.4 is 22.1 Å². The van der Waals surface area contributed by atoms with Gasteiger partial charge in [0, 0.05) is 24.8 Å². The zero-order valence-electron chi connectivity index (χ0n) is 18.2. The van der Waals surface area contributed by atoms with Crippen LogP contribution >= 0.6 is 0 Å². The number of amides is 3. The molecule has 1 heterocycles. The van der Waals surface area contributed by atoms with Crippen LogP contribution in [0.15, 0.2) is 30.5 Å². The Morgan fingerprint density at radius 3 is 2.61 bits per heavy atom. The molecule has 31 heavy (non-hydrogen) atoms. The Bertz CT molecular complexity index is 946. The van der Waals surface area contributed by atoms with Gasteiger partial charge in [-0.15, -0.1) is 0 Å². The fraction of sp³-hybridized carbons (Fsp3) is 0.522. The second-order valence-electron chi connectivity index (χ2n) is 8.63. The van der Waals surface area contributed by atoms with Gasteiger partial charge < -0.3 is 26.7 Å². The van der Waals surface area contributed by atoms with Gasteiger partial charge in [-0.3, -0.25) is 14.4 Å². The fourth-order valence-electron chi connectivity index (χ4n) is 4.22. The van der Waals surface area contributed by atoms with Crippen molar-refractivity contribution in [1.82, 2.24) is 15.2 Å². The Labute approximate surface area is 182 Å². The number of benzene rings is 1. The first-order valence-corrected chi connectivity index (χ1v) is 11.0. The fourth-order valence-corrected chi connectivity index (χ4v) is 4.22. The smallest absolute Gasteiger partial charge is 0.243 e. The van der Waals surface area contributed by atoms with E-state index < -0.39 is 23.4 Å². The molecule has 0 saturated heterocycles. The molecule has 3 rings (SSSR count). The first-order chi connectivity index (χ1) is 14.8. The maximum Gasteiger partial charge on any atom is 0.243 e. The number of nitrogens with two attached hydrogens (primary N) is 2. The molecule has 8 nitrogen and oxygen atoms in total. The molecule has 6 N–H and O–H groups in total. The van der Waals surface area contributed by atoms with E-state index in [2.05, 4.69) is 46.4 Å². The summed E-state index contributed by atoms with van der Waals surface area (Å²) < 4.78 is 2.14. The largest absolute Gasteiger partial charge is 0.370 e. The second kappa shape index (κ2) is 9.96. The van der Waals surface area contributed by atoms with E-state index in [1.54, 1.807) is 0 Å². The van der Waals surface area contributed by atoms with Gasteiger partial charge in [0.2, 0.25) is 17.7 Å².